The van der Waals surface area contributed by atoms with E-state index in [0.29, 0.717) is 13.2 Å². The Hall–Kier alpha value is -2.83. The second kappa shape index (κ2) is 8.70. The maximum atomic E-state index is 5.66. The number of benzene rings is 3. The molecular formula is C24H20BrNO. The van der Waals surface area contributed by atoms with E-state index in [2.05, 4.69) is 83.3 Å². The number of halogens is 1. The molecular weight excluding hydrogens is 398 g/mol. The first-order valence-electron chi connectivity index (χ1n) is 8.81. The van der Waals surface area contributed by atoms with Gasteiger partial charge in [0.15, 0.2) is 5.69 Å². The predicted octanol–water partition coefficient (Wildman–Crippen LogP) is 1.54. The predicted molar refractivity (Wildman–Crippen MR) is 106 cm³/mol. The molecule has 134 valence electrons. The zero-order chi connectivity index (χ0) is 17.8. The van der Waals surface area contributed by atoms with Gasteiger partial charge in [-0.15, -0.1) is 6.42 Å². The Labute approximate surface area is 170 Å². The van der Waals surface area contributed by atoms with Gasteiger partial charge < -0.3 is 21.7 Å². The van der Waals surface area contributed by atoms with Crippen LogP contribution in [0.1, 0.15) is 5.69 Å². The summed E-state index contributed by atoms with van der Waals surface area (Å²) in [6.45, 7) is 1.32. The third-order valence-electron chi connectivity index (χ3n) is 4.63. The van der Waals surface area contributed by atoms with Crippen molar-refractivity contribution in [2.75, 3.05) is 6.61 Å². The first-order valence-corrected chi connectivity index (χ1v) is 8.81. The van der Waals surface area contributed by atoms with Gasteiger partial charge in [-0.1, -0.05) is 48.5 Å². The van der Waals surface area contributed by atoms with Crippen LogP contribution in [0.3, 0.4) is 0 Å². The zero-order valence-corrected chi connectivity index (χ0v) is 16.5. The number of aromatic nitrogens is 1. The Morgan fingerprint density at radius 2 is 1.52 bits per heavy atom. The van der Waals surface area contributed by atoms with Crippen molar-refractivity contribution < 1.29 is 26.3 Å². The van der Waals surface area contributed by atoms with E-state index >= 15 is 0 Å². The van der Waals surface area contributed by atoms with E-state index in [1.54, 1.807) is 0 Å². The summed E-state index contributed by atoms with van der Waals surface area (Å²) in [5.41, 5.74) is 2.42. The lowest BCUT2D eigenvalue weighted by Gasteiger charge is -2.01. The van der Waals surface area contributed by atoms with Crippen molar-refractivity contribution in [2.24, 2.45) is 0 Å². The van der Waals surface area contributed by atoms with Crippen molar-refractivity contribution >= 4 is 21.7 Å². The number of ether oxygens (including phenoxy) is 1. The van der Waals surface area contributed by atoms with Gasteiger partial charge in [-0.05, 0) is 34.9 Å². The molecule has 7 rings (SSSR count). The van der Waals surface area contributed by atoms with Crippen LogP contribution in [-0.4, -0.2) is 6.61 Å². The molecule has 0 fully saturated rings. The maximum absolute atomic E-state index is 5.66. The van der Waals surface area contributed by atoms with Crippen molar-refractivity contribution in [1.29, 1.82) is 0 Å². The molecule has 0 radical (unpaired) electrons. The van der Waals surface area contributed by atoms with Crippen LogP contribution >= 0.6 is 0 Å². The fraction of sp³-hybridized carbons (Fsp3) is 0.125. The number of terminal acetylenes is 1. The van der Waals surface area contributed by atoms with Gasteiger partial charge in [0.25, 0.3) is 0 Å². The van der Waals surface area contributed by atoms with E-state index in [-0.39, 0.29) is 17.0 Å². The lowest BCUT2D eigenvalue weighted by molar-refractivity contribution is -0.666. The Bertz CT molecular complexity index is 1050. The molecule has 4 bridgehead atoms. The highest BCUT2D eigenvalue weighted by atomic mass is 79.9. The average Bonchev–Trinajstić information content (AvgIpc) is 2.86. The van der Waals surface area contributed by atoms with Gasteiger partial charge in [-0.2, -0.15) is 4.57 Å². The van der Waals surface area contributed by atoms with Crippen molar-refractivity contribution in [3.8, 4) is 18.1 Å². The van der Waals surface area contributed by atoms with E-state index in [1.165, 1.54) is 27.4 Å². The number of hydrogen-bond donors (Lipinski definition) is 0. The Kier molecular flexibility index (Phi) is 6.11. The van der Waals surface area contributed by atoms with Crippen molar-refractivity contribution in [1.82, 2.24) is 0 Å². The number of pyridine rings is 1. The molecule has 27 heavy (non-hydrogen) atoms. The summed E-state index contributed by atoms with van der Waals surface area (Å²) in [5, 5.41) is 3.80. The first-order chi connectivity index (χ1) is 12.8. The minimum Gasteiger partial charge on any atom is -1.00 e. The standard InChI is InChI=1S/C14H12NO.C10H8.BrH/c1-2-8-15-12-4-3-11-10-13(16-9-7-12)5-6-14(11)15;1-2-6-10-8-4-3-7-9(10)5-1;/h1,3-6,10H,7-9H2;1-8H;1H/q+1;;/p-1. The Balaban J connectivity index is 0.000000166. The van der Waals surface area contributed by atoms with Gasteiger partial charge in [0.2, 0.25) is 12.1 Å². The van der Waals surface area contributed by atoms with E-state index in [4.69, 9.17) is 11.2 Å². The highest BCUT2D eigenvalue weighted by molar-refractivity contribution is 5.82. The smallest absolute Gasteiger partial charge is 0.213 e. The molecule has 0 atom stereocenters. The highest BCUT2D eigenvalue weighted by Gasteiger charge is 2.17. The molecule has 0 saturated carbocycles. The molecule has 4 heterocycles. The Morgan fingerprint density at radius 1 is 0.852 bits per heavy atom. The van der Waals surface area contributed by atoms with Crippen LogP contribution in [0.5, 0.6) is 5.75 Å². The first kappa shape index (κ1) is 18.9. The fourth-order valence-corrected chi connectivity index (χ4v) is 3.34. The number of rotatable bonds is 1. The molecule has 0 spiro atoms. The van der Waals surface area contributed by atoms with Crippen LogP contribution in [0.4, 0.5) is 0 Å². The third-order valence-corrected chi connectivity index (χ3v) is 4.63. The van der Waals surface area contributed by atoms with Gasteiger partial charge in [0.05, 0.1) is 18.4 Å². The molecule has 3 aromatic carbocycles. The molecule has 0 aliphatic carbocycles. The number of hydrogen-bond acceptors (Lipinski definition) is 1. The quantitative estimate of drug-likeness (QED) is 0.338. The SMILES string of the molecule is C#CC[n+]1c2ccc3cc(ccc31)OCC2.[Br-].c1ccc2ccccc2c1. The number of fused-ring (bicyclic) bond motifs is 3. The van der Waals surface area contributed by atoms with Crippen molar-refractivity contribution in [3.63, 3.8) is 0 Å². The molecule has 0 N–H and O–H groups in total. The summed E-state index contributed by atoms with van der Waals surface area (Å²) in [6.07, 6.45) is 6.32. The summed E-state index contributed by atoms with van der Waals surface area (Å²) in [7, 11) is 0. The van der Waals surface area contributed by atoms with E-state index in [1.807, 2.05) is 6.07 Å². The topological polar surface area (TPSA) is 13.1 Å². The summed E-state index contributed by atoms with van der Waals surface area (Å²) in [4.78, 5) is 0. The van der Waals surface area contributed by atoms with Gasteiger partial charge >= 0.3 is 0 Å². The minimum atomic E-state index is 0. The molecule has 4 aromatic rings. The second-order valence-corrected chi connectivity index (χ2v) is 6.28. The molecule has 1 aromatic heterocycles. The third kappa shape index (κ3) is 4.13. The van der Waals surface area contributed by atoms with Crippen LogP contribution in [0.25, 0.3) is 21.7 Å². The van der Waals surface area contributed by atoms with Crippen molar-refractivity contribution in [3.05, 3.63) is 84.6 Å². The summed E-state index contributed by atoms with van der Waals surface area (Å²) in [5.74, 6) is 3.65. The largest absolute Gasteiger partial charge is 1.00 e. The lowest BCUT2D eigenvalue weighted by Crippen LogP contribution is -3.00. The zero-order valence-electron chi connectivity index (χ0n) is 14.9. The van der Waals surface area contributed by atoms with Gasteiger partial charge in [-0.3, -0.25) is 0 Å². The van der Waals surface area contributed by atoms with E-state index in [9.17, 15) is 0 Å². The molecule has 3 aliphatic heterocycles. The maximum Gasteiger partial charge on any atom is 0.213 e. The van der Waals surface area contributed by atoms with Crippen LogP contribution in [0.15, 0.2) is 78.9 Å². The molecule has 3 heteroatoms. The molecule has 0 amide bonds. The summed E-state index contributed by atoms with van der Waals surface area (Å²) in [6, 6.07) is 27.1. The monoisotopic (exact) mass is 417 g/mol. The highest BCUT2D eigenvalue weighted by Crippen LogP contribution is 2.21. The molecule has 2 nitrogen and oxygen atoms in total. The Morgan fingerprint density at radius 3 is 2.15 bits per heavy atom. The second-order valence-electron chi connectivity index (χ2n) is 6.28. The van der Waals surface area contributed by atoms with Crippen LogP contribution in [0, 0.1) is 12.3 Å². The lowest BCUT2D eigenvalue weighted by atomic mass is 10.1. The van der Waals surface area contributed by atoms with E-state index < -0.39 is 0 Å². The number of nitrogens with zero attached hydrogens (tertiary/aromatic N) is 1. The molecule has 3 aliphatic rings. The van der Waals surface area contributed by atoms with Crippen molar-refractivity contribution in [2.45, 2.75) is 13.0 Å². The summed E-state index contributed by atoms with van der Waals surface area (Å²) < 4.78 is 7.85. The minimum absolute atomic E-state index is 0. The summed E-state index contributed by atoms with van der Waals surface area (Å²) >= 11 is 0. The van der Waals surface area contributed by atoms with Gasteiger partial charge in [-0.25, -0.2) is 0 Å². The molecule has 0 saturated heterocycles. The van der Waals surface area contributed by atoms with Gasteiger partial charge in [0.1, 0.15) is 5.75 Å². The fourth-order valence-electron chi connectivity index (χ4n) is 3.34. The normalized spacial score (nSPS) is 11.5. The van der Waals surface area contributed by atoms with Crippen LogP contribution in [0.2, 0.25) is 0 Å². The van der Waals surface area contributed by atoms with Crippen LogP contribution < -0.4 is 26.3 Å². The van der Waals surface area contributed by atoms with E-state index in [0.717, 1.165) is 12.2 Å². The van der Waals surface area contributed by atoms with Crippen LogP contribution in [-0.2, 0) is 13.0 Å². The molecule has 0 unspecified atom stereocenters. The van der Waals surface area contributed by atoms with Gasteiger partial charge in [0, 0.05) is 12.1 Å². The average molecular weight is 418 g/mol.